The third-order valence-electron chi connectivity index (χ3n) is 3.90. The molecule has 5 heteroatoms. The largest absolute Gasteiger partial charge is 0.467 e. The van der Waals surface area contributed by atoms with Gasteiger partial charge in [0.2, 0.25) is 5.91 Å². The van der Waals surface area contributed by atoms with Crippen LogP contribution in [0.25, 0.3) is 0 Å². The van der Waals surface area contributed by atoms with Gasteiger partial charge in [0.15, 0.2) is 0 Å². The summed E-state index contributed by atoms with van der Waals surface area (Å²) in [6.45, 7) is 5.43. The first-order valence-electron chi connectivity index (χ1n) is 7.57. The number of nitrogens with zero attached hydrogens (tertiary/aromatic N) is 1. The van der Waals surface area contributed by atoms with Gasteiger partial charge in [0.05, 0.1) is 7.11 Å². The zero-order valence-electron chi connectivity index (χ0n) is 12.9. The van der Waals surface area contributed by atoms with Crippen LogP contribution >= 0.6 is 0 Å². The van der Waals surface area contributed by atoms with E-state index in [2.05, 4.69) is 13.8 Å². The fraction of sp³-hybridized carbons (Fsp3) is 0.867. The van der Waals surface area contributed by atoms with Crippen molar-refractivity contribution < 1.29 is 14.3 Å². The van der Waals surface area contributed by atoms with Gasteiger partial charge in [-0.15, -0.1) is 0 Å². The molecule has 20 heavy (non-hydrogen) atoms. The molecule has 0 aliphatic carbocycles. The quantitative estimate of drug-likeness (QED) is 0.751. The smallest absolute Gasteiger partial charge is 0.328 e. The summed E-state index contributed by atoms with van der Waals surface area (Å²) < 4.78 is 4.81. The lowest BCUT2D eigenvalue weighted by Gasteiger charge is -2.34. The van der Waals surface area contributed by atoms with Crippen molar-refractivity contribution in [3.8, 4) is 0 Å². The summed E-state index contributed by atoms with van der Waals surface area (Å²) in [6, 6.07) is -0.404. The van der Waals surface area contributed by atoms with Crippen LogP contribution in [0.1, 0.15) is 46.0 Å². The van der Waals surface area contributed by atoms with Crippen molar-refractivity contribution in [1.29, 1.82) is 0 Å². The number of carbonyl (C=O) groups is 2. The highest BCUT2D eigenvalue weighted by atomic mass is 16.5. The molecule has 0 spiro atoms. The summed E-state index contributed by atoms with van der Waals surface area (Å²) >= 11 is 0. The number of likely N-dealkylation sites (tertiary alicyclic amines) is 1. The van der Waals surface area contributed by atoms with E-state index in [0.29, 0.717) is 31.8 Å². The van der Waals surface area contributed by atoms with Crippen molar-refractivity contribution >= 4 is 11.9 Å². The molecule has 1 saturated heterocycles. The van der Waals surface area contributed by atoms with Crippen LogP contribution in [0.2, 0.25) is 0 Å². The van der Waals surface area contributed by atoms with E-state index in [4.69, 9.17) is 10.5 Å². The highest BCUT2D eigenvalue weighted by Crippen LogP contribution is 2.22. The minimum absolute atomic E-state index is 0.0381. The van der Waals surface area contributed by atoms with Gasteiger partial charge in [-0.25, -0.2) is 4.79 Å². The monoisotopic (exact) mass is 284 g/mol. The molecule has 0 aromatic rings. The average molecular weight is 284 g/mol. The number of piperidine rings is 1. The Morgan fingerprint density at radius 1 is 1.35 bits per heavy atom. The van der Waals surface area contributed by atoms with E-state index >= 15 is 0 Å². The normalized spacial score (nSPS) is 20.9. The maximum Gasteiger partial charge on any atom is 0.328 e. The fourth-order valence-electron chi connectivity index (χ4n) is 2.90. The molecule has 1 fully saturated rings. The molecule has 0 aromatic carbocycles. The van der Waals surface area contributed by atoms with Crippen LogP contribution in [0.15, 0.2) is 0 Å². The third-order valence-corrected chi connectivity index (χ3v) is 3.90. The summed E-state index contributed by atoms with van der Waals surface area (Å²) in [6.07, 6.45) is 4.00. The van der Waals surface area contributed by atoms with Gasteiger partial charge >= 0.3 is 5.97 Å². The molecule has 1 unspecified atom stereocenters. The summed E-state index contributed by atoms with van der Waals surface area (Å²) in [5, 5.41) is 0. The molecule has 1 heterocycles. The van der Waals surface area contributed by atoms with Gasteiger partial charge in [0.25, 0.3) is 0 Å². The average Bonchev–Trinajstić information content (AvgIpc) is 2.45. The number of hydrogen-bond acceptors (Lipinski definition) is 4. The number of ether oxygens (including phenoxy) is 1. The Labute approximate surface area is 121 Å². The van der Waals surface area contributed by atoms with Crippen LogP contribution in [-0.2, 0) is 14.3 Å². The van der Waals surface area contributed by atoms with Gasteiger partial charge in [-0.1, -0.05) is 13.8 Å². The van der Waals surface area contributed by atoms with Crippen LogP contribution in [0, 0.1) is 11.8 Å². The van der Waals surface area contributed by atoms with Crippen molar-refractivity contribution in [3.05, 3.63) is 0 Å². The first-order chi connectivity index (χ1) is 9.49. The van der Waals surface area contributed by atoms with E-state index in [0.717, 1.165) is 19.3 Å². The molecular weight excluding hydrogens is 256 g/mol. The van der Waals surface area contributed by atoms with Crippen LogP contribution in [-0.4, -0.2) is 43.0 Å². The van der Waals surface area contributed by atoms with Crippen LogP contribution in [0.5, 0.6) is 0 Å². The Balaban J connectivity index is 2.64. The first kappa shape index (κ1) is 17.0. The van der Waals surface area contributed by atoms with Crippen molar-refractivity contribution in [3.63, 3.8) is 0 Å². The second-order valence-electron chi connectivity index (χ2n) is 6.06. The molecule has 0 bridgehead atoms. The molecule has 116 valence electrons. The van der Waals surface area contributed by atoms with Crippen molar-refractivity contribution in [2.24, 2.45) is 17.6 Å². The zero-order valence-corrected chi connectivity index (χ0v) is 12.9. The summed E-state index contributed by atoms with van der Waals surface area (Å²) in [5.41, 5.74) is 5.76. The molecule has 0 aromatic heterocycles. The van der Waals surface area contributed by atoms with E-state index in [-0.39, 0.29) is 17.8 Å². The molecule has 1 amide bonds. The molecule has 2 atom stereocenters. The SMILES string of the molecule is COC(=O)C1CCCCN1C(=O)C[C@@H](CN)CC(C)C. The zero-order chi connectivity index (χ0) is 15.1. The van der Waals surface area contributed by atoms with Gasteiger partial charge in [-0.2, -0.15) is 0 Å². The second-order valence-corrected chi connectivity index (χ2v) is 6.06. The molecule has 1 rings (SSSR count). The number of nitrogens with two attached hydrogens (primary N) is 1. The maximum atomic E-state index is 12.4. The highest BCUT2D eigenvalue weighted by Gasteiger charge is 2.33. The Hall–Kier alpha value is -1.10. The molecular formula is C15H28N2O3. The topological polar surface area (TPSA) is 72.6 Å². The lowest BCUT2D eigenvalue weighted by atomic mass is 9.92. The Morgan fingerprint density at radius 2 is 2.05 bits per heavy atom. The number of hydrogen-bond donors (Lipinski definition) is 1. The highest BCUT2D eigenvalue weighted by molar-refractivity contribution is 5.84. The van der Waals surface area contributed by atoms with Gasteiger partial charge in [0, 0.05) is 13.0 Å². The van der Waals surface area contributed by atoms with Crippen LogP contribution in [0.3, 0.4) is 0 Å². The van der Waals surface area contributed by atoms with Crippen molar-refractivity contribution in [1.82, 2.24) is 4.90 Å². The van der Waals surface area contributed by atoms with Crippen molar-refractivity contribution in [2.45, 2.75) is 52.0 Å². The summed E-state index contributed by atoms with van der Waals surface area (Å²) in [4.78, 5) is 25.9. The Morgan fingerprint density at radius 3 is 2.60 bits per heavy atom. The van der Waals surface area contributed by atoms with Crippen LogP contribution in [0.4, 0.5) is 0 Å². The lowest BCUT2D eigenvalue weighted by Crippen LogP contribution is -2.49. The molecule has 2 N–H and O–H groups in total. The predicted octanol–water partition coefficient (Wildman–Crippen LogP) is 1.55. The molecule has 0 radical (unpaired) electrons. The number of esters is 1. The van der Waals surface area contributed by atoms with E-state index in [1.807, 2.05) is 0 Å². The van der Waals surface area contributed by atoms with E-state index in [1.54, 1.807) is 4.90 Å². The van der Waals surface area contributed by atoms with Gasteiger partial charge < -0.3 is 15.4 Å². The van der Waals surface area contributed by atoms with Crippen molar-refractivity contribution in [2.75, 3.05) is 20.2 Å². The maximum absolute atomic E-state index is 12.4. The molecule has 0 saturated carbocycles. The fourth-order valence-corrected chi connectivity index (χ4v) is 2.90. The van der Waals surface area contributed by atoms with Gasteiger partial charge in [-0.05, 0) is 44.1 Å². The number of methoxy groups -OCH3 is 1. The number of carbonyl (C=O) groups excluding carboxylic acids is 2. The molecule has 1 aliphatic heterocycles. The Kier molecular flexibility index (Phi) is 6.99. The molecule has 1 aliphatic rings. The van der Waals surface area contributed by atoms with E-state index < -0.39 is 6.04 Å². The van der Waals surface area contributed by atoms with E-state index in [1.165, 1.54) is 7.11 Å². The predicted molar refractivity (Wildman–Crippen MR) is 78.0 cm³/mol. The van der Waals surface area contributed by atoms with E-state index in [9.17, 15) is 9.59 Å². The van der Waals surface area contributed by atoms with Gasteiger partial charge in [0.1, 0.15) is 6.04 Å². The van der Waals surface area contributed by atoms with Gasteiger partial charge in [-0.3, -0.25) is 4.79 Å². The number of rotatable bonds is 6. The second kappa shape index (κ2) is 8.25. The first-order valence-corrected chi connectivity index (χ1v) is 7.57. The lowest BCUT2D eigenvalue weighted by molar-refractivity contribution is -0.155. The number of amides is 1. The molecule has 5 nitrogen and oxygen atoms in total. The minimum Gasteiger partial charge on any atom is -0.467 e. The Bertz CT molecular complexity index is 331. The summed E-state index contributed by atoms with van der Waals surface area (Å²) in [7, 11) is 1.38. The third kappa shape index (κ3) is 4.78. The summed E-state index contributed by atoms with van der Waals surface area (Å²) in [5.74, 6) is 0.458. The standard InChI is InChI=1S/C15H28N2O3/c1-11(2)8-12(10-16)9-14(18)17-7-5-4-6-13(17)15(19)20-3/h11-13H,4-10,16H2,1-3H3/t12-,13?/m0/s1. The van der Waals surface area contributed by atoms with Crippen LogP contribution < -0.4 is 5.73 Å². The minimum atomic E-state index is -0.404.